The number of esters is 1. The van der Waals surface area contributed by atoms with Crippen LogP contribution in [0.15, 0.2) is 72.8 Å². The van der Waals surface area contributed by atoms with Gasteiger partial charge in [0.2, 0.25) is 0 Å². The van der Waals surface area contributed by atoms with Crippen LogP contribution in [0.4, 0.5) is 0 Å². The molecule has 184 valence electrons. The monoisotopic (exact) mass is 486 g/mol. The smallest absolute Gasteiger partial charge is 0.339 e. The fraction of sp³-hybridized carbons (Fsp3) is 0.179. The van der Waals surface area contributed by atoms with Gasteiger partial charge in [0.15, 0.2) is 18.1 Å². The molecule has 0 aliphatic heterocycles. The summed E-state index contributed by atoms with van der Waals surface area (Å²) in [4.78, 5) is 30.1. The van der Waals surface area contributed by atoms with Crippen molar-refractivity contribution in [2.75, 3.05) is 27.9 Å². The Bertz CT molecular complexity index is 1400. The first kappa shape index (κ1) is 24.5. The summed E-state index contributed by atoms with van der Waals surface area (Å²) >= 11 is 0. The third-order valence-corrected chi connectivity index (χ3v) is 5.62. The van der Waals surface area contributed by atoms with Gasteiger partial charge in [-0.1, -0.05) is 36.4 Å². The molecule has 0 saturated heterocycles. The largest absolute Gasteiger partial charge is 0.496 e. The van der Waals surface area contributed by atoms with E-state index in [9.17, 15) is 9.59 Å². The summed E-state index contributed by atoms with van der Waals surface area (Å²) in [6, 6.07) is 21.7. The average Bonchev–Trinajstić information content (AvgIpc) is 2.93. The highest BCUT2D eigenvalue weighted by atomic mass is 16.5. The second-order valence-corrected chi connectivity index (χ2v) is 7.81. The third-order valence-electron chi connectivity index (χ3n) is 5.62. The zero-order valence-corrected chi connectivity index (χ0v) is 20.2. The number of pyridine rings is 1. The number of nitrogens with zero attached hydrogens (tertiary/aromatic N) is 1. The lowest BCUT2D eigenvalue weighted by Gasteiger charge is -2.12. The second kappa shape index (κ2) is 11.2. The van der Waals surface area contributed by atoms with Gasteiger partial charge in [0.1, 0.15) is 5.75 Å². The van der Waals surface area contributed by atoms with Crippen LogP contribution in [-0.2, 0) is 16.1 Å². The topological polar surface area (TPSA) is 96.0 Å². The Morgan fingerprint density at radius 1 is 0.806 bits per heavy atom. The minimum Gasteiger partial charge on any atom is -0.496 e. The van der Waals surface area contributed by atoms with Gasteiger partial charge in [-0.2, -0.15) is 0 Å². The van der Waals surface area contributed by atoms with Crippen molar-refractivity contribution in [3.63, 3.8) is 0 Å². The van der Waals surface area contributed by atoms with Crippen LogP contribution in [0.3, 0.4) is 0 Å². The number of hydrogen-bond acceptors (Lipinski definition) is 7. The number of nitrogens with one attached hydrogen (secondary N) is 1. The average molecular weight is 487 g/mol. The molecule has 1 N–H and O–H groups in total. The maximum Gasteiger partial charge on any atom is 0.339 e. The Labute approximate surface area is 208 Å². The maximum absolute atomic E-state index is 13.1. The van der Waals surface area contributed by atoms with Gasteiger partial charge in [0.05, 0.1) is 38.1 Å². The highest BCUT2D eigenvalue weighted by Gasteiger charge is 2.17. The first-order valence-electron chi connectivity index (χ1n) is 11.2. The number of hydrogen-bond donors (Lipinski definition) is 1. The molecule has 4 rings (SSSR count). The fourth-order valence-electron chi connectivity index (χ4n) is 3.79. The SMILES string of the molecule is COc1ccccc1CNC(=O)COC(=O)c1cc(-c2ccc(OC)c(OC)c2)nc2ccccc12. The van der Waals surface area contributed by atoms with Crippen LogP contribution in [-0.4, -0.2) is 44.8 Å². The Morgan fingerprint density at radius 3 is 2.31 bits per heavy atom. The van der Waals surface area contributed by atoms with E-state index < -0.39 is 18.5 Å². The standard InChI is InChI=1S/C28H26N2O6/c1-33-24-11-7-4-8-19(24)16-29-27(31)17-36-28(32)21-15-23(30-22-10-6-5-9-20(21)22)18-12-13-25(34-2)26(14-18)35-3/h4-15H,16-17H2,1-3H3,(H,29,31). The summed E-state index contributed by atoms with van der Waals surface area (Å²) in [6.45, 7) is -0.168. The number of aromatic nitrogens is 1. The van der Waals surface area contributed by atoms with E-state index in [1.807, 2.05) is 48.5 Å². The van der Waals surface area contributed by atoms with Crippen molar-refractivity contribution in [3.05, 3.63) is 83.9 Å². The van der Waals surface area contributed by atoms with Gasteiger partial charge in [-0.15, -0.1) is 0 Å². The second-order valence-electron chi connectivity index (χ2n) is 7.81. The van der Waals surface area contributed by atoms with E-state index in [1.54, 1.807) is 45.6 Å². The molecule has 0 spiro atoms. The van der Waals surface area contributed by atoms with Gasteiger partial charge in [-0.05, 0) is 36.4 Å². The molecule has 4 aromatic rings. The lowest BCUT2D eigenvalue weighted by atomic mass is 10.0. The van der Waals surface area contributed by atoms with Gasteiger partial charge in [-0.25, -0.2) is 9.78 Å². The summed E-state index contributed by atoms with van der Waals surface area (Å²) in [5, 5.41) is 3.37. The number of ether oxygens (including phenoxy) is 4. The number of carbonyl (C=O) groups is 2. The van der Waals surface area contributed by atoms with E-state index in [0.717, 1.165) is 11.1 Å². The number of amides is 1. The van der Waals surface area contributed by atoms with Crippen LogP contribution in [0.2, 0.25) is 0 Å². The van der Waals surface area contributed by atoms with Crippen LogP contribution in [0.5, 0.6) is 17.2 Å². The van der Waals surface area contributed by atoms with Gasteiger partial charge in [0.25, 0.3) is 5.91 Å². The molecule has 0 aliphatic rings. The van der Waals surface area contributed by atoms with E-state index >= 15 is 0 Å². The van der Waals surface area contributed by atoms with Gasteiger partial charge in [-0.3, -0.25) is 4.79 Å². The Morgan fingerprint density at radius 2 is 1.53 bits per heavy atom. The van der Waals surface area contributed by atoms with Crippen molar-refractivity contribution in [3.8, 4) is 28.5 Å². The maximum atomic E-state index is 13.1. The van der Waals surface area contributed by atoms with Crippen LogP contribution in [0.25, 0.3) is 22.2 Å². The molecule has 0 radical (unpaired) electrons. The lowest BCUT2D eigenvalue weighted by Crippen LogP contribution is -2.28. The molecule has 0 saturated carbocycles. The first-order chi connectivity index (χ1) is 17.5. The number of carbonyl (C=O) groups excluding carboxylic acids is 2. The van der Waals surface area contributed by atoms with Crippen molar-refractivity contribution in [2.45, 2.75) is 6.54 Å². The number of rotatable bonds is 9. The van der Waals surface area contributed by atoms with E-state index in [0.29, 0.717) is 39.4 Å². The molecule has 0 bridgehead atoms. The molecule has 1 aromatic heterocycles. The van der Waals surface area contributed by atoms with Crippen molar-refractivity contribution in [2.24, 2.45) is 0 Å². The molecule has 1 amide bonds. The zero-order chi connectivity index (χ0) is 25.5. The Hall–Kier alpha value is -4.59. The van der Waals surface area contributed by atoms with E-state index in [-0.39, 0.29) is 6.54 Å². The number of fused-ring (bicyclic) bond motifs is 1. The molecule has 8 heteroatoms. The van der Waals surface area contributed by atoms with E-state index in [4.69, 9.17) is 23.9 Å². The number of para-hydroxylation sites is 2. The predicted molar refractivity (Wildman–Crippen MR) is 135 cm³/mol. The minimum atomic E-state index is -0.622. The third kappa shape index (κ3) is 5.38. The van der Waals surface area contributed by atoms with Gasteiger partial charge in [0, 0.05) is 23.1 Å². The van der Waals surface area contributed by atoms with Crippen LogP contribution >= 0.6 is 0 Å². The molecular weight excluding hydrogens is 460 g/mol. The number of methoxy groups -OCH3 is 3. The van der Waals surface area contributed by atoms with Gasteiger partial charge < -0.3 is 24.3 Å². The molecule has 3 aromatic carbocycles. The predicted octanol–water partition coefficient (Wildman–Crippen LogP) is 4.40. The first-order valence-corrected chi connectivity index (χ1v) is 11.2. The van der Waals surface area contributed by atoms with E-state index in [2.05, 4.69) is 5.32 Å². The molecule has 0 aliphatic carbocycles. The van der Waals surface area contributed by atoms with Crippen LogP contribution in [0, 0.1) is 0 Å². The molecule has 0 fully saturated rings. The number of benzene rings is 3. The summed E-state index contributed by atoms with van der Waals surface area (Å²) in [5.41, 5.74) is 3.05. The Kier molecular flexibility index (Phi) is 7.65. The Balaban J connectivity index is 1.53. The molecule has 0 atom stereocenters. The quantitative estimate of drug-likeness (QED) is 0.350. The molecule has 0 unspecified atom stereocenters. The highest BCUT2D eigenvalue weighted by molar-refractivity contribution is 6.05. The van der Waals surface area contributed by atoms with Crippen molar-refractivity contribution in [1.29, 1.82) is 0 Å². The van der Waals surface area contributed by atoms with E-state index in [1.165, 1.54) is 0 Å². The molecule has 8 nitrogen and oxygen atoms in total. The van der Waals surface area contributed by atoms with Crippen molar-refractivity contribution >= 4 is 22.8 Å². The molecular formula is C28H26N2O6. The highest BCUT2D eigenvalue weighted by Crippen LogP contribution is 2.33. The van der Waals surface area contributed by atoms with Crippen LogP contribution < -0.4 is 19.5 Å². The molecule has 36 heavy (non-hydrogen) atoms. The van der Waals surface area contributed by atoms with Crippen LogP contribution in [0.1, 0.15) is 15.9 Å². The fourth-order valence-corrected chi connectivity index (χ4v) is 3.79. The van der Waals surface area contributed by atoms with Crippen molar-refractivity contribution < 1.29 is 28.5 Å². The normalized spacial score (nSPS) is 10.5. The summed E-state index contributed by atoms with van der Waals surface area (Å²) in [7, 11) is 4.68. The summed E-state index contributed by atoms with van der Waals surface area (Å²) in [5.74, 6) is 0.748. The van der Waals surface area contributed by atoms with Gasteiger partial charge >= 0.3 is 5.97 Å². The summed E-state index contributed by atoms with van der Waals surface area (Å²) in [6.07, 6.45) is 0. The molecule has 1 heterocycles. The minimum absolute atomic E-state index is 0.252. The summed E-state index contributed by atoms with van der Waals surface area (Å²) < 4.78 is 21.4. The van der Waals surface area contributed by atoms with Crippen molar-refractivity contribution in [1.82, 2.24) is 10.3 Å². The zero-order valence-electron chi connectivity index (χ0n) is 20.2. The lowest BCUT2D eigenvalue weighted by molar-refractivity contribution is -0.124.